The van der Waals surface area contributed by atoms with Crippen molar-refractivity contribution < 1.29 is 9.53 Å². The van der Waals surface area contributed by atoms with Gasteiger partial charge in [0.2, 0.25) is 0 Å². The lowest BCUT2D eigenvalue weighted by atomic mass is 10.2. The lowest BCUT2D eigenvalue weighted by molar-refractivity contribution is 0.102. The fourth-order valence-corrected chi connectivity index (χ4v) is 2.17. The van der Waals surface area contributed by atoms with E-state index in [1.807, 2.05) is 37.3 Å². The van der Waals surface area contributed by atoms with Crippen molar-refractivity contribution in [1.82, 2.24) is 20.2 Å². The number of anilines is 1. The normalized spacial score (nSPS) is 10.4. The van der Waals surface area contributed by atoms with Crippen LogP contribution in [0.5, 0.6) is 5.75 Å². The molecular weight excluding hydrogens is 306 g/mol. The second kappa shape index (κ2) is 7.36. The first-order valence-corrected chi connectivity index (χ1v) is 7.64. The minimum absolute atomic E-state index is 0.225. The summed E-state index contributed by atoms with van der Waals surface area (Å²) in [5.41, 5.74) is 1.86. The number of nitrogens with one attached hydrogen (secondary N) is 1. The molecule has 7 nitrogen and oxygen atoms in total. The summed E-state index contributed by atoms with van der Waals surface area (Å²) in [6, 6.07) is 14.4. The molecule has 0 fully saturated rings. The van der Waals surface area contributed by atoms with Crippen molar-refractivity contribution in [2.45, 2.75) is 13.3 Å². The van der Waals surface area contributed by atoms with Gasteiger partial charge >= 0.3 is 0 Å². The van der Waals surface area contributed by atoms with Gasteiger partial charge in [0, 0.05) is 5.56 Å². The summed E-state index contributed by atoms with van der Waals surface area (Å²) < 4.78 is 7.16. The first-order chi connectivity index (χ1) is 11.8. The molecule has 0 atom stereocenters. The number of hydrogen-bond donors (Lipinski definition) is 1. The number of rotatable bonds is 6. The molecular formula is C17H17N5O2. The van der Waals surface area contributed by atoms with Gasteiger partial charge in [0.15, 0.2) is 0 Å². The quantitative estimate of drug-likeness (QED) is 0.754. The van der Waals surface area contributed by atoms with Crippen LogP contribution in [0.1, 0.15) is 23.7 Å². The Morgan fingerprint density at radius 2 is 2.08 bits per heavy atom. The summed E-state index contributed by atoms with van der Waals surface area (Å²) in [6.45, 7) is 2.63. The first-order valence-electron chi connectivity index (χ1n) is 7.64. The second-order valence-electron chi connectivity index (χ2n) is 5.10. The number of ether oxygens (including phenoxy) is 1. The van der Waals surface area contributed by atoms with Gasteiger partial charge in [-0.1, -0.05) is 25.1 Å². The van der Waals surface area contributed by atoms with Gasteiger partial charge in [-0.15, -0.1) is 5.10 Å². The Hall–Kier alpha value is -3.22. The number of hydrogen-bond acceptors (Lipinski definition) is 5. The minimum atomic E-state index is -0.225. The summed E-state index contributed by atoms with van der Waals surface area (Å²) in [5.74, 6) is 0.432. The van der Waals surface area contributed by atoms with Crippen LogP contribution in [-0.4, -0.2) is 32.7 Å². The Labute approximate surface area is 139 Å². The van der Waals surface area contributed by atoms with Gasteiger partial charge in [-0.05, 0) is 47.2 Å². The number of carbonyl (C=O) groups excluding carboxylic acids is 1. The van der Waals surface area contributed by atoms with Gasteiger partial charge in [0.05, 0.1) is 18.0 Å². The molecule has 2 aromatic carbocycles. The van der Waals surface area contributed by atoms with E-state index in [-0.39, 0.29) is 5.91 Å². The summed E-state index contributed by atoms with van der Waals surface area (Å²) in [7, 11) is 0. The first kappa shape index (κ1) is 15.7. The van der Waals surface area contributed by atoms with E-state index in [9.17, 15) is 4.79 Å². The average Bonchev–Trinajstić information content (AvgIpc) is 3.16. The van der Waals surface area contributed by atoms with Crippen molar-refractivity contribution in [3.05, 3.63) is 60.4 Å². The van der Waals surface area contributed by atoms with Crippen molar-refractivity contribution in [2.75, 3.05) is 11.9 Å². The smallest absolute Gasteiger partial charge is 0.255 e. The number of aromatic nitrogens is 4. The molecule has 3 aromatic rings. The number of tetrazole rings is 1. The maximum absolute atomic E-state index is 12.5. The monoisotopic (exact) mass is 323 g/mol. The van der Waals surface area contributed by atoms with Gasteiger partial charge in [-0.25, -0.2) is 4.68 Å². The van der Waals surface area contributed by atoms with Crippen LogP contribution < -0.4 is 10.1 Å². The summed E-state index contributed by atoms with van der Waals surface area (Å²) in [5, 5.41) is 13.9. The van der Waals surface area contributed by atoms with Gasteiger partial charge in [-0.3, -0.25) is 4.79 Å². The highest BCUT2D eigenvalue weighted by molar-refractivity contribution is 6.05. The van der Waals surface area contributed by atoms with Crippen LogP contribution in [0, 0.1) is 0 Å². The maximum atomic E-state index is 12.5. The standard InChI is InChI=1S/C17H17N5O2/c1-2-10-24-16-9-4-3-8-15(16)19-17(23)13-6-5-7-14(11-13)22-12-18-20-21-22/h3-9,11-12H,2,10H2,1H3,(H,19,23). The summed E-state index contributed by atoms with van der Waals surface area (Å²) in [6.07, 6.45) is 2.38. The van der Waals surface area contributed by atoms with Gasteiger partial charge < -0.3 is 10.1 Å². The van der Waals surface area contributed by atoms with Crippen LogP contribution in [0.4, 0.5) is 5.69 Å². The lowest BCUT2D eigenvalue weighted by Crippen LogP contribution is -2.13. The van der Waals surface area contributed by atoms with E-state index < -0.39 is 0 Å². The fraction of sp³-hybridized carbons (Fsp3) is 0.176. The van der Waals surface area contributed by atoms with Crippen LogP contribution in [0.25, 0.3) is 5.69 Å². The Morgan fingerprint density at radius 1 is 1.21 bits per heavy atom. The number of benzene rings is 2. The molecule has 1 N–H and O–H groups in total. The molecule has 0 aliphatic rings. The van der Waals surface area contributed by atoms with Crippen LogP contribution in [0.3, 0.4) is 0 Å². The highest BCUT2D eigenvalue weighted by Gasteiger charge is 2.11. The molecule has 0 aliphatic heterocycles. The van der Waals surface area contributed by atoms with E-state index in [0.717, 1.165) is 6.42 Å². The van der Waals surface area contributed by atoms with Crippen LogP contribution in [-0.2, 0) is 0 Å². The average molecular weight is 323 g/mol. The predicted molar refractivity (Wildman–Crippen MR) is 89.3 cm³/mol. The summed E-state index contributed by atoms with van der Waals surface area (Å²) >= 11 is 0. The number of para-hydroxylation sites is 2. The minimum Gasteiger partial charge on any atom is -0.491 e. The molecule has 0 unspecified atom stereocenters. The van der Waals surface area contributed by atoms with Gasteiger partial charge in [0.1, 0.15) is 12.1 Å². The van der Waals surface area contributed by atoms with E-state index in [1.54, 1.807) is 18.2 Å². The molecule has 7 heteroatoms. The molecule has 0 radical (unpaired) electrons. The fourth-order valence-electron chi connectivity index (χ4n) is 2.17. The van der Waals surface area contributed by atoms with Crippen molar-refractivity contribution in [3.63, 3.8) is 0 Å². The number of amides is 1. The van der Waals surface area contributed by atoms with Gasteiger partial charge in [-0.2, -0.15) is 0 Å². The molecule has 0 saturated carbocycles. The third-order valence-corrected chi connectivity index (χ3v) is 3.32. The van der Waals surface area contributed by atoms with Crippen molar-refractivity contribution in [1.29, 1.82) is 0 Å². The van der Waals surface area contributed by atoms with Gasteiger partial charge in [0.25, 0.3) is 5.91 Å². The lowest BCUT2D eigenvalue weighted by Gasteiger charge is -2.12. The SMILES string of the molecule is CCCOc1ccccc1NC(=O)c1cccc(-n2cnnn2)c1. The van der Waals surface area contributed by atoms with E-state index in [4.69, 9.17) is 4.74 Å². The van der Waals surface area contributed by atoms with Crippen molar-refractivity contribution in [3.8, 4) is 11.4 Å². The third-order valence-electron chi connectivity index (χ3n) is 3.32. The van der Waals surface area contributed by atoms with Crippen LogP contribution in [0.15, 0.2) is 54.9 Å². The zero-order valence-electron chi connectivity index (χ0n) is 13.2. The van der Waals surface area contributed by atoms with Crippen molar-refractivity contribution in [2.24, 2.45) is 0 Å². The van der Waals surface area contributed by atoms with E-state index in [1.165, 1.54) is 11.0 Å². The molecule has 1 amide bonds. The topological polar surface area (TPSA) is 81.9 Å². The van der Waals surface area contributed by atoms with E-state index in [0.29, 0.717) is 29.3 Å². The zero-order chi connectivity index (χ0) is 16.8. The molecule has 0 aliphatic carbocycles. The molecule has 3 rings (SSSR count). The van der Waals surface area contributed by atoms with Crippen LogP contribution >= 0.6 is 0 Å². The maximum Gasteiger partial charge on any atom is 0.255 e. The molecule has 122 valence electrons. The Kier molecular flexibility index (Phi) is 4.81. The number of nitrogens with zero attached hydrogens (tertiary/aromatic N) is 4. The molecule has 0 spiro atoms. The molecule has 24 heavy (non-hydrogen) atoms. The molecule has 1 heterocycles. The highest BCUT2D eigenvalue weighted by atomic mass is 16.5. The zero-order valence-corrected chi connectivity index (χ0v) is 13.2. The Morgan fingerprint density at radius 3 is 2.88 bits per heavy atom. The second-order valence-corrected chi connectivity index (χ2v) is 5.10. The van der Waals surface area contributed by atoms with Crippen molar-refractivity contribution >= 4 is 11.6 Å². The van der Waals surface area contributed by atoms with E-state index >= 15 is 0 Å². The largest absolute Gasteiger partial charge is 0.491 e. The molecule has 0 bridgehead atoms. The predicted octanol–water partition coefficient (Wildman–Crippen LogP) is 2.70. The van der Waals surface area contributed by atoms with Crippen LogP contribution in [0.2, 0.25) is 0 Å². The Bertz CT molecular complexity index is 817. The Balaban J connectivity index is 1.80. The number of carbonyl (C=O) groups is 1. The molecule has 0 saturated heterocycles. The van der Waals surface area contributed by atoms with E-state index in [2.05, 4.69) is 20.8 Å². The molecule has 1 aromatic heterocycles. The highest BCUT2D eigenvalue weighted by Crippen LogP contribution is 2.24. The third kappa shape index (κ3) is 3.57. The summed E-state index contributed by atoms with van der Waals surface area (Å²) in [4.78, 5) is 12.5.